The molecule has 0 fully saturated rings. The van der Waals surface area contributed by atoms with Crippen molar-refractivity contribution in [2.45, 2.75) is 19.4 Å². The van der Waals surface area contributed by atoms with Crippen LogP contribution in [0, 0.1) is 0 Å². The Labute approximate surface area is 99.9 Å². The molecule has 1 atom stereocenters. The molecule has 0 saturated carbocycles. The molecule has 1 N–H and O–H groups in total. The van der Waals surface area contributed by atoms with Crippen molar-refractivity contribution in [1.82, 2.24) is 35.1 Å². The van der Waals surface area contributed by atoms with Gasteiger partial charge in [0.25, 0.3) is 0 Å². The maximum absolute atomic E-state index is 4.36. The molecule has 2 heterocycles. The van der Waals surface area contributed by atoms with Gasteiger partial charge in [-0.2, -0.15) is 4.80 Å². The largest absolute Gasteiger partial charge is 0.337 e. The number of aryl methyl sites for hydroxylation is 2. The number of imidazole rings is 1. The Kier molecular flexibility index (Phi) is 3.48. The van der Waals surface area contributed by atoms with Crippen molar-refractivity contribution in [3.05, 3.63) is 24.0 Å². The Morgan fingerprint density at radius 3 is 2.76 bits per heavy atom. The maximum atomic E-state index is 4.36. The molecule has 92 valence electrons. The molecule has 7 nitrogen and oxygen atoms in total. The fraction of sp³-hybridized carbons (Fsp3) is 0.600. The highest BCUT2D eigenvalue weighted by molar-refractivity contribution is 5.02. The van der Waals surface area contributed by atoms with Crippen molar-refractivity contribution >= 4 is 0 Å². The topological polar surface area (TPSA) is 73.5 Å². The highest BCUT2D eigenvalue weighted by atomic mass is 15.6. The van der Waals surface area contributed by atoms with E-state index in [1.807, 2.05) is 17.8 Å². The molecule has 0 aliphatic heterocycles. The van der Waals surface area contributed by atoms with E-state index in [9.17, 15) is 0 Å². The Bertz CT molecular complexity index is 472. The van der Waals surface area contributed by atoms with Crippen LogP contribution in [0.1, 0.15) is 24.6 Å². The van der Waals surface area contributed by atoms with Crippen LogP contribution in [0.3, 0.4) is 0 Å². The third-order valence-corrected chi connectivity index (χ3v) is 2.56. The summed E-state index contributed by atoms with van der Waals surface area (Å²) < 4.78 is 2.00. The van der Waals surface area contributed by atoms with E-state index in [-0.39, 0.29) is 6.04 Å². The predicted molar refractivity (Wildman–Crippen MR) is 62.1 cm³/mol. The van der Waals surface area contributed by atoms with Gasteiger partial charge in [-0.1, -0.05) is 6.92 Å². The van der Waals surface area contributed by atoms with E-state index in [0.717, 1.165) is 18.2 Å². The van der Waals surface area contributed by atoms with E-state index in [1.54, 1.807) is 13.2 Å². The minimum absolute atomic E-state index is 0.115. The van der Waals surface area contributed by atoms with Gasteiger partial charge in [-0.05, 0) is 11.8 Å². The molecule has 1 unspecified atom stereocenters. The zero-order chi connectivity index (χ0) is 12.3. The molecule has 0 aromatic carbocycles. The molecule has 0 aliphatic carbocycles. The minimum Gasteiger partial charge on any atom is -0.337 e. The van der Waals surface area contributed by atoms with Gasteiger partial charge in [-0.25, -0.2) is 4.98 Å². The van der Waals surface area contributed by atoms with Crippen LogP contribution in [0.2, 0.25) is 0 Å². The van der Waals surface area contributed by atoms with Crippen LogP contribution < -0.4 is 5.32 Å². The Morgan fingerprint density at radius 2 is 2.24 bits per heavy atom. The molecule has 7 heteroatoms. The first-order valence-electron chi connectivity index (χ1n) is 5.64. The molecule has 0 amide bonds. The maximum Gasteiger partial charge on any atom is 0.176 e. The lowest BCUT2D eigenvalue weighted by Gasteiger charge is -2.15. The Hall–Kier alpha value is -1.76. The van der Waals surface area contributed by atoms with Crippen molar-refractivity contribution < 1.29 is 0 Å². The molecule has 0 aliphatic rings. The quantitative estimate of drug-likeness (QED) is 0.779. The molecular formula is C10H17N7. The Balaban J connectivity index is 2.15. The van der Waals surface area contributed by atoms with Gasteiger partial charge in [-0.3, -0.25) is 0 Å². The average molecular weight is 235 g/mol. The zero-order valence-corrected chi connectivity index (χ0v) is 10.3. The van der Waals surface area contributed by atoms with Crippen LogP contribution in [0.25, 0.3) is 0 Å². The number of hydrogen-bond acceptors (Lipinski definition) is 5. The van der Waals surface area contributed by atoms with E-state index in [1.165, 1.54) is 4.80 Å². The Morgan fingerprint density at radius 1 is 1.41 bits per heavy atom. The van der Waals surface area contributed by atoms with E-state index in [4.69, 9.17) is 0 Å². The van der Waals surface area contributed by atoms with Crippen molar-refractivity contribution in [3.63, 3.8) is 0 Å². The summed E-state index contributed by atoms with van der Waals surface area (Å²) in [5.74, 6) is 1.71. The summed E-state index contributed by atoms with van der Waals surface area (Å²) in [7, 11) is 3.75. The van der Waals surface area contributed by atoms with Gasteiger partial charge in [0.2, 0.25) is 0 Å². The zero-order valence-electron chi connectivity index (χ0n) is 10.3. The number of rotatable bonds is 5. The first-order valence-corrected chi connectivity index (χ1v) is 5.64. The highest BCUT2D eigenvalue weighted by Gasteiger charge is 2.17. The summed E-state index contributed by atoms with van der Waals surface area (Å²) in [4.78, 5) is 5.82. The number of nitrogens with one attached hydrogen (secondary N) is 1. The van der Waals surface area contributed by atoms with E-state index >= 15 is 0 Å². The predicted octanol–water partition coefficient (Wildman–Crippen LogP) is -0.163. The molecule has 2 aromatic rings. The summed E-state index contributed by atoms with van der Waals surface area (Å²) in [6.45, 7) is 2.94. The number of tetrazole rings is 1. The third kappa shape index (κ3) is 2.68. The number of nitrogens with zero attached hydrogens (tertiary/aromatic N) is 6. The normalized spacial score (nSPS) is 12.9. The number of likely N-dealkylation sites (N-methyl/N-ethyl adjacent to an activating group) is 1. The summed E-state index contributed by atoms with van der Waals surface area (Å²) in [6, 6.07) is 0.115. The first-order chi connectivity index (χ1) is 8.20. The van der Waals surface area contributed by atoms with E-state index in [2.05, 4.69) is 32.6 Å². The van der Waals surface area contributed by atoms with Gasteiger partial charge in [0.05, 0.1) is 13.1 Å². The lowest BCUT2D eigenvalue weighted by molar-refractivity contribution is 0.495. The highest BCUT2D eigenvalue weighted by Crippen LogP contribution is 2.13. The van der Waals surface area contributed by atoms with E-state index < -0.39 is 0 Å². The van der Waals surface area contributed by atoms with Crippen LogP contribution >= 0.6 is 0 Å². The molecule has 17 heavy (non-hydrogen) atoms. The van der Waals surface area contributed by atoms with E-state index in [0.29, 0.717) is 6.42 Å². The molecule has 0 saturated heterocycles. The van der Waals surface area contributed by atoms with Crippen LogP contribution in [0.15, 0.2) is 12.4 Å². The summed E-state index contributed by atoms with van der Waals surface area (Å²) in [5, 5.41) is 15.4. The fourth-order valence-electron chi connectivity index (χ4n) is 1.80. The fourth-order valence-corrected chi connectivity index (χ4v) is 1.80. The standard InChI is InChI=1S/C10H17N7/c1-4-11-8(10-12-5-6-16(10)2)7-9-13-15-17(3)14-9/h5-6,8,11H,4,7H2,1-3H3. The van der Waals surface area contributed by atoms with Crippen molar-refractivity contribution in [2.75, 3.05) is 6.54 Å². The monoisotopic (exact) mass is 235 g/mol. The van der Waals surface area contributed by atoms with Crippen LogP contribution in [-0.2, 0) is 20.5 Å². The van der Waals surface area contributed by atoms with Crippen LogP contribution in [0.5, 0.6) is 0 Å². The summed E-state index contributed by atoms with van der Waals surface area (Å²) in [6.07, 6.45) is 4.42. The smallest absolute Gasteiger partial charge is 0.176 e. The molecule has 0 spiro atoms. The van der Waals surface area contributed by atoms with Crippen LogP contribution in [-0.4, -0.2) is 36.3 Å². The summed E-state index contributed by atoms with van der Waals surface area (Å²) >= 11 is 0. The molecule has 0 radical (unpaired) electrons. The SMILES string of the molecule is CCNC(Cc1nnn(C)n1)c1nccn1C. The van der Waals surface area contributed by atoms with Gasteiger partial charge < -0.3 is 9.88 Å². The van der Waals surface area contributed by atoms with Gasteiger partial charge in [0.1, 0.15) is 5.82 Å². The number of hydrogen-bond donors (Lipinski definition) is 1. The summed E-state index contributed by atoms with van der Waals surface area (Å²) in [5.41, 5.74) is 0. The minimum atomic E-state index is 0.115. The lowest BCUT2D eigenvalue weighted by Crippen LogP contribution is -2.26. The molecule has 2 aromatic heterocycles. The van der Waals surface area contributed by atoms with Crippen LogP contribution in [0.4, 0.5) is 0 Å². The second kappa shape index (κ2) is 5.05. The van der Waals surface area contributed by atoms with Crippen molar-refractivity contribution in [2.24, 2.45) is 14.1 Å². The second-order valence-corrected chi connectivity index (χ2v) is 3.91. The molecular weight excluding hydrogens is 218 g/mol. The first kappa shape index (κ1) is 11.7. The number of aromatic nitrogens is 6. The lowest BCUT2D eigenvalue weighted by atomic mass is 10.2. The van der Waals surface area contributed by atoms with Gasteiger partial charge in [0, 0.05) is 25.9 Å². The van der Waals surface area contributed by atoms with Crippen molar-refractivity contribution in [1.29, 1.82) is 0 Å². The van der Waals surface area contributed by atoms with Gasteiger partial charge in [0.15, 0.2) is 5.82 Å². The molecule has 2 rings (SSSR count). The molecule has 0 bridgehead atoms. The van der Waals surface area contributed by atoms with Gasteiger partial charge >= 0.3 is 0 Å². The van der Waals surface area contributed by atoms with Gasteiger partial charge in [-0.15, -0.1) is 10.2 Å². The second-order valence-electron chi connectivity index (χ2n) is 3.91. The van der Waals surface area contributed by atoms with Crippen molar-refractivity contribution in [3.8, 4) is 0 Å². The average Bonchev–Trinajstić information content (AvgIpc) is 2.87. The third-order valence-electron chi connectivity index (χ3n) is 2.56.